The number of carbonyl (C=O) groups is 3. The number of aromatic nitrogens is 1. The summed E-state index contributed by atoms with van der Waals surface area (Å²) in [6.45, 7) is 1.42. The molecule has 1 aliphatic rings. The molecule has 0 radical (unpaired) electrons. The molecule has 30 heavy (non-hydrogen) atoms. The van der Waals surface area contributed by atoms with E-state index in [0.717, 1.165) is 15.1 Å². The number of urea groups is 1. The average Bonchev–Trinajstić information content (AvgIpc) is 3.22. The second-order valence-electron chi connectivity index (χ2n) is 7.00. The Morgan fingerprint density at radius 1 is 1.13 bits per heavy atom. The van der Waals surface area contributed by atoms with E-state index in [0.29, 0.717) is 16.8 Å². The number of benzene rings is 2. The number of para-hydroxylation sites is 1. The third-order valence-electron chi connectivity index (χ3n) is 5.27. The number of rotatable bonds is 5. The molecule has 9 heteroatoms. The van der Waals surface area contributed by atoms with Crippen LogP contribution in [0.5, 0.6) is 0 Å². The third kappa shape index (κ3) is 3.26. The van der Waals surface area contributed by atoms with E-state index >= 15 is 0 Å². The number of imide groups is 1. The van der Waals surface area contributed by atoms with E-state index in [2.05, 4.69) is 15.8 Å². The van der Waals surface area contributed by atoms with Crippen molar-refractivity contribution in [3.8, 4) is 0 Å². The summed E-state index contributed by atoms with van der Waals surface area (Å²) in [7, 11) is 1.86. The maximum atomic E-state index is 13.1. The smallest absolute Gasteiger partial charge is 0.319 e. The van der Waals surface area contributed by atoms with Crippen LogP contribution >= 0.6 is 11.3 Å². The molecular weight excluding hydrogens is 402 g/mol. The Kier molecular flexibility index (Phi) is 5.13. The minimum absolute atomic E-state index is 0.377. The lowest BCUT2D eigenvalue weighted by molar-refractivity contribution is -0.135. The van der Waals surface area contributed by atoms with E-state index in [1.54, 1.807) is 12.1 Å². The predicted octanol–water partition coefficient (Wildman–Crippen LogP) is 2.03. The quantitative estimate of drug-likeness (QED) is 0.486. The average molecular weight is 423 g/mol. The van der Waals surface area contributed by atoms with Gasteiger partial charge in [-0.3, -0.25) is 14.5 Å². The van der Waals surface area contributed by atoms with E-state index in [-0.39, 0.29) is 0 Å². The highest BCUT2D eigenvalue weighted by Gasteiger charge is 2.51. The SMILES string of the molecule is CCC1(c2ccccc2)NC(=O)N(CC(=O)N/N=c2/sc3ccccc3n2C)C1=O. The largest absolute Gasteiger partial charge is 0.325 e. The molecule has 0 bridgehead atoms. The molecular formula is C21H21N5O3S. The first-order chi connectivity index (χ1) is 14.5. The summed E-state index contributed by atoms with van der Waals surface area (Å²) in [5, 5.41) is 6.93. The van der Waals surface area contributed by atoms with Gasteiger partial charge in [0.2, 0.25) is 4.80 Å². The summed E-state index contributed by atoms with van der Waals surface area (Å²) < 4.78 is 2.91. The van der Waals surface area contributed by atoms with Crippen LogP contribution in [0.4, 0.5) is 4.79 Å². The summed E-state index contributed by atoms with van der Waals surface area (Å²) in [4.78, 5) is 39.6. The number of aryl methyl sites for hydroxylation is 1. The van der Waals surface area contributed by atoms with Crippen LogP contribution in [-0.4, -0.2) is 33.9 Å². The number of nitrogens with zero attached hydrogens (tertiary/aromatic N) is 3. The molecule has 1 atom stereocenters. The van der Waals surface area contributed by atoms with E-state index in [9.17, 15) is 14.4 Å². The van der Waals surface area contributed by atoms with Crippen molar-refractivity contribution in [2.45, 2.75) is 18.9 Å². The van der Waals surface area contributed by atoms with Gasteiger partial charge in [0.1, 0.15) is 12.1 Å². The molecule has 4 amide bonds. The van der Waals surface area contributed by atoms with Gasteiger partial charge in [-0.2, -0.15) is 0 Å². The molecule has 1 aromatic heterocycles. The molecule has 4 rings (SSSR count). The molecule has 0 saturated carbocycles. The summed E-state index contributed by atoms with van der Waals surface area (Å²) in [6.07, 6.45) is 0.377. The highest BCUT2D eigenvalue weighted by atomic mass is 32.1. The van der Waals surface area contributed by atoms with Gasteiger partial charge in [-0.25, -0.2) is 10.2 Å². The maximum absolute atomic E-state index is 13.1. The zero-order valence-corrected chi connectivity index (χ0v) is 17.4. The van der Waals surface area contributed by atoms with Crippen LogP contribution in [0.3, 0.4) is 0 Å². The fraction of sp³-hybridized carbons (Fsp3) is 0.238. The Hall–Kier alpha value is -3.46. The zero-order valence-electron chi connectivity index (χ0n) is 16.6. The number of hydrogen-bond donors (Lipinski definition) is 2. The Morgan fingerprint density at radius 3 is 2.53 bits per heavy atom. The van der Waals surface area contributed by atoms with Crippen molar-refractivity contribution in [2.24, 2.45) is 12.1 Å². The molecule has 1 unspecified atom stereocenters. The molecule has 1 fully saturated rings. The van der Waals surface area contributed by atoms with Gasteiger partial charge in [0.05, 0.1) is 10.2 Å². The van der Waals surface area contributed by atoms with Crippen LogP contribution in [0.25, 0.3) is 10.2 Å². The first-order valence-electron chi connectivity index (χ1n) is 9.53. The van der Waals surface area contributed by atoms with E-state index in [4.69, 9.17) is 0 Å². The summed E-state index contributed by atoms with van der Waals surface area (Å²) >= 11 is 1.43. The molecule has 154 valence electrons. The van der Waals surface area contributed by atoms with Crippen LogP contribution in [0.15, 0.2) is 59.7 Å². The minimum atomic E-state index is -1.16. The standard InChI is InChI=1S/C21H21N5O3S/c1-3-21(14-9-5-4-6-10-14)18(28)26(19(29)22-21)13-17(27)23-24-20-25(2)15-11-7-8-12-16(15)30-20/h4-12H,3,13H2,1-2H3,(H,22,29)(H,23,27)/b24-20+. The zero-order chi connectivity index (χ0) is 21.3. The van der Waals surface area contributed by atoms with E-state index in [1.165, 1.54) is 11.3 Å². The second kappa shape index (κ2) is 7.75. The lowest BCUT2D eigenvalue weighted by atomic mass is 9.87. The van der Waals surface area contributed by atoms with Gasteiger partial charge in [0.15, 0.2) is 0 Å². The predicted molar refractivity (Wildman–Crippen MR) is 113 cm³/mol. The van der Waals surface area contributed by atoms with Crippen LogP contribution < -0.4 is 15.5 Å². The highest BCUT2D eigenvalue weighted by molar-refractivity contribution is 7.16. The number of amides is 4. The molecule has 3 aromatic rings. The first-order valence-corrected chi connectivity index (χ1v) is 10.3. The van der Waals surface area contributed by atoms with Gasteiger partial charge in [0, 0.05) is 7.05 Å². The molecule has 2 aromatic carbocycles. The highest BCUT2D eigenvalue weighted by Crippen LogP contribution is 2.32. The molecule has 8 nitrogen and oxygen atoms in total. The van der Waals surface area contributed by atoms with Gasteiger partial charge < -0.3 is 9.88 Å². The van der Waals surface area contributed by atoms with Gasteiger partial charge in [0.25, 0.3) is 11.8 Å². The van der Waals surface area contributed by atoms with Crippen LogP contribution in [-0.2, 0) is 22.2 Å². The molecule has 1 saturated heterocycles. The molecule has 1 aliphatic heterocycles. The van der Waals surface area contributed by atoms with Gasteiger partial charge in [-0.05, 0) is 24.1 Å². The Balaban J connectivity index is 1.52. The number of hydrogen-bond acceptors (Lipinski definition) is 5. The fourth-order valence-electron chi connectivity index (χ4n) is 3.61. The van der Waals surface area contributed by atoms with Gasteiger partial charge in [-0.15, -0.1) is 5.10 Å². The summed E-state index contributed by atoms with van der Waals surface area (Å²) in [6, 6.07) is 16.3. The number of nitrogens with one attached hydrogen (secondary N) is 2. The fourth-order valence-corrected chi connectivity index (χ4v) is 4.59. The molecule has 2 N–H and O–H groups in total. The lowest BCUT2D eigenvalue weighted by Crippen LogP contribution is -2.44. The van der Waals surface area contributed by atoms with Crippen molar-refractivity contribution >= 4 is 39.4 Å². The lowest BCUT2D eigenvalue weighted by Gasteiger charge is -2.25. The van der Waals surface area contributed by atoms with Crippen LogP contribution in [0.2, 0.25) is 0 Å². The van der Waals surface area contributed by atoms with E-state index in [1.807, 2.05) is 61.0 Å². The van der Waals surface area contributed by atoms with Crippen molar-refractivity contribution in [3.05, 3.63) is 65.0 Å². The first kappa shape index (κ1) is 19.8. The maximum Gasteiger partial charge on any atom is 0.325 e. The topological polar surface area (TPSA) is 95.8 Å². The van der Waals surface area contributed by atoms with E-state index < -0.39 is 29.9 Å². The van der Waals surface area contributed by atoms with Crippen molar-refractivity contribution in [3.63, 3.8) is 0 Å². The molecule has 0 spiro atoms. The summed E-state index contributed by atoms with van der Waals surface area (Å²) in [5.41, 5.74) is 2.99. The number of fused-ring (bicyclic) bond motifs is 1. The Bertz CT molecular complexity index is 1200. The van der Waals surface area contributed by atoms with Crippen LogP contribution in [0, 0.1) is 0 Å². The number of carbonyl (C=O) groups excluding carboxylic acids is 3. The van der Waals surface area contributed by atoms with Crippen molar-refractivity contribution in [1.82, 2.24) is 20.2 Å². The van der Waals surface area contributed by atoms with Gasteiger partial charge >= 0.3 is 6.03 Å². The number of thiazole rings is 1. The normalized spacial score (nSPS) is 19.4. The van der Waals surface area contributed by atoms with Crippen molar-refractivity contribution < 1.29 is 14.4 Å². The molecule has 2 heterocycles. The summed E-state index contributed by atoms with van der Waals surface area (Å²) in [5.74, 6) is -0.986. The van der Waals surface area contributed by atoms with Crippen molar-refractivity contribution in [1.29, 1.82) is 0 Å². The van der Waals surface area contributed by atoms with Crippen molar-refractivity contribution in [2.75, 3.05) is 6.54 Å². The van der Waals surface area contributed by atoms with Crippen LogP contribution in [0.1, 0.15) is 18.9 Å². The third-order valence-corrected chi connectivity index (χ3v) is 6.38. The Morgan fingerprint density at radius 2 is 1.83 bits per heavy atom. The monoisotopic (exact) mass is 423 g/mol. The molecule has 0 aliphatic carbocycles. The second-order valence-corrected chi connectivity index (χ2v) is 8.01. The van der Waals surface area contributed by atoms with Gasteiger partial charge in [-0.1, -0.05) is 60.7 Å². The minimum Gasteiger partial charge on any atom is -0.319 e. The Labute approximate surface area is 176 Å².